The molecular weight excluding hydrogens is 250 g/mol. The van der Waals surface area contributed by atoms with E-state index in [1.54, 1.807) is 11.0 Å². The van der Waals surface area contributed by atoms with Crippen molar-refractivity contribution in [1.82, 2.24) is 15.5 Å². The van der Waals surface area contributed by atoms with E-state index in [1.165, 1.54) is 12.3 Å². The van der Waals surface area contributed by atoms with Crippen LogP contribution in [0.25, 0.3) is 0 Å². The fraction of sp³-hybridized carbons (Fsp3) is 0.417. The van der Waals surface area contributed by atoms with Crippen molar-refractivity contribution in [2.75, 3.05) is 26.2 Å². The minimum absolute atomic E-state index is 0.0603. The Morgan fingerprint density at radius 2 is 2.26 bits per heavy atom. The van der Waals surface area contributed by atoms with E-state index < -0.39 is 5.91 Å². The second kappa shape index (κ2) is 6.03. The van der Waals surface area contributed by atoms with E-state index in [0.29, 0.717) is 19.6 Å². The molecule has 0 unspecified atom stereocenters. The first kappa shape index (κ1) is 13.1. The van der Waals surface area contributed by atoms with Crippen molar-refractivity contribution in [3.63, 3.8) is 0 Å². The molecule has 1 aliphatic heterocycles. The van der Waals surface area contributed by atoms with Crippen LogP contribution in [-0.4, -0.2) is 48.8 Å². The van der Waals surface area contributed by atoms with Crippen LogP contribution in [0.4, 0.5) is 0 Å². The maximum absolute atomic E-state index is 11.9. The standard InChI is InChI=1S/C12H15N3O4/c16-10-3-5-15(6-4-13-10)11(17)8-14-12(18)9-2-1-7-19-9/h1-2,7H,3-6,8H2,(H,13,16)(H,14,18). The average molecular weight is 265 g/mol. The van der Waals surface area contributed by atoms with Crippen molar-refractivity contribution in [3.05, 3.63) is 24.2 Å². The van der Waals surface area contributed by atoms with Crippen LogP contribution < -0.4 is 10.6 Å². The largest absolute Gasteiger partial charge is 0.459 e. The molecule has 0 aliphatic carbocycles. The van der Waals surface area contributed by atoms with Crippen molar-refractivity contribution < 1.29 is 18.8 Å². The lowest BCUT2D eigenvalue weighted by atomic mass is 10.3. The third kappa shape index (κ3) is 3.57. The summed E-state index contributed by atoms with van der Waals surface area (Å²) in [6.45, 7) is 1.17. The smallest absolute Gasteiger partial charge is 0.287 e. The zero-order valence-corrected chi connectivity index (χ0v) is 10.3. The van der Waals surface area contributed by atoms with Gasteiger partial charge in [0.25, 0.3) is 5.91 Å². The Morgan fingerprint density at radius 1 is 1.42 bits per heavy atom. The van der Waals surface area contributed by atoms with E-state index in [2.05, 4.69) is 10.6 Å². The Balaban J connectivity index is 1.80. The van der Waals surface area contributed by atoms with Gasteiger partial charge in [-0.3, -0.25) is 14.4 Å². The van der Waals surface area contributed by atoms with Crippen LogP contribution >= 0.6 is 0 Å². The Hall–Kier alpha value is -2.31. The molecule has 0 aromatic carbocycles. The molecule has 0 atom stereocenters. The van der Waals surface area contributed by atoms with E-state index >= 15 is 0 Å². The average Bonchev–Trinajstić information content (AvgIpc) is 2.85. The van der Waals surface area contributed by atoms with Gasteiger partial charge in [-0.15, -0.1) is 0 Å². The lowest BCUT2D eigenvalue weighted by Crippen LogP contribution is -2.41. The zero-order chi connectivity index (χ0) is 13.7. The molecule has 1 aliphatic rings. The van der Waals surface area contributed by atoms with Crippen LogP contribution in [0.5, 0.6) is 0 Å². The summed E-state index contributed by atoms with van der Waals surface area (Å²) in [6, 6.07) is 3.12. The summed E-state index contributed by atoms with van der Waals surface area (Å²) in [6.07, 6.45) is 1.68. The minimum Gasteiger partial charge on any atom is -0.459 e. The van der Waals surface area contributed by atoms with E-state index in [9.17, 15) is 14.4 Å². The molecule has 2 N–H and O–H groups in total. The maximum atomic E-state index is 11.9. The molecule has 1 fully saturated rings. The van der Waals surface area contributed by atoms with Gasteiger partial charge in [-0.1, -0.05) is 0 Å². The highest BCUT2D eigenvalue weighted by atomic mass is 16.3. The number of nitrogens with one attached hydrogen (secondary N) is 2. The van der Waals surface area contributed by atoms with Gasteiger partial charge in [0.15, 0.2) is 5.76 Å². The number of rotatable bonds is 3. The second-order valence-electron chi connectivity index (χ2n) is 4.14. The summed E-state index contributed by atoms with van der Waals surface area (Å²) in [5.41, 5.74) is 0. The molecule has 2 rings (SSSR count). The third-order valence-corrected chi connectivity index (χ3v) is 2.81. The van der Waals surface area contributed by atoms with Gasteiger partial charge < -0.3 is 20.0 Å². The SMILES string of the molecule is O=C1CCN(C(=O)CNC(=O)c2ccco2)CCN1. The minimum atomic E-state index is -0.428. The van der Waals surface area contributed by atoms with E-state index in [0.717, 1.165) is 0 Å². The third-order valence-electron chi connectivity index (χ3n) is 2.81. The molecule has 102 valence electrons. The molecule has 3 amide bonds. The quantitative estimate of drug-likeness (QED) is 0.760. The van der Waals surface area contributed by atoms with Crippen LogP contribution in [0.2, 0.25) is 0 Å². The highest BCUT2D eigenvalue weighted by Gasteiger charge is 2.19. The first-order valence-electron chi connectivity index (χ1n) is 6.03. The summed E-state index contributed by atoms with van der Waals surface area (Å²) in [4.78, 5) is 36.1. The zero-order valence-electron chi connectivity index (χ0n) is 10.3. The molecular formula is C12H15N3O4. The molecule has 7 nitrogen and oxygen atoms in total. The Morgan fingerprint density at radius 3 is 3.00 bits per heavy atom. The van der Waals surface area contributed by atoms with Crippen molar-refractivity contribution in [2.24, 2.45) is 0 Å². The number of hydrogen-bond acceptors (Lipinski definition) is 4. The molecule has 1 aromatic rings. The van der Waals surface area contributed by atoms with E-state index in [4.69, 9.17) is 4.42 Å². The fourth-order valence-electron chi connectivity index (χ4n) is 1.78. The van der Waals surface area contributed by atoms with E-state index in [1.807, 2.05) is 0 Å². The Labute approximate surface area is 109 Å². The van der Waals surface area contributed by atoms with Crippen LogP contribution in [0.15, 0.2) is 22.8 Å². The van der Waals surface area contributed by atoms with Crippen molar-refractivity contribution >= 4 is 17.7 Å². The Bertz CT molecular complexity index is 469. The van der Waals surface area contributed by atoms with Gasteiger partial charge in [-0.2, -0.15) is 0 Å². The first-order valence-corrected chi connectivity index (χ1v) is 6.03. The predicted octanol–water partition coefficient (Wildman–Crippen LogP) is -0.642. The molecule has 19 heavy (non-hydrogen) atoms. The van der Waals surface area contributed by atoms with Gasteiger partial charge in [0.05, 0.1) is 12.8 Å². The Kier molecular flexibility index (Phi) is 4.17. The topological polar surface area (TPSA) is 91.7 Å². The van der Waals surface area contributed by atoms with Gasteiger partial charge in [0.1, 0.15) is 0 Å². The van der Waals surface area contributed by atoms with Crippen LogP contribution in [0.1, 0.15) is 17.0 Å². The summed E-state index contributed by atoms with van der Waals surface area (Å²) in [7, 11) is 0. The number of furan rings is 1. The van der Waals surface area contributed by atoms with Crippen LogP contribution in [0, 0.1) is 0 Å². The van der Waals surface area contributed by atoms with Gasteiger partial charge in [0.2, 0.25) is 11.8 Å². The summed E-state index contributed by atoms with van der Waals surface area (Å²) in [5, 5.41) is 5.17. The van der Waals surface area contributed by atoms with E-state index in [-0.39, 0.29) is 30.5 Å². The molecule has 1 aromatic heterocycles. The van der Waals surface area contributed by atoms with Gasteiger partial charge in [-0.25, -0.2) is 0 Å². The van der Waals surface area contributed by atoms with Gasteiger partial charge in [-0.05, 0) is 12.1 Å². The van der Waals surface area contributed by atoms with Crippen molar-refractivity contribution in [2.45, 2.75) is 6.42 Å². The summed E-state index contributed by atoms with van der Waals surface area (Å²) in [5.74, 6) is -0.533. The number of carbonyl (C=O) groups is 3. The predicted molar refractivity (Wildman–Crippen MR) is 65.2 cm³/mol. The van der Waals surface area contributed by atoms with Gasteiger partial charge in [0, 0.05) is 26.1 Å². The monoisotopic (exact) mass is 265 g/mol. The van der Waals surface area contributed by atoms with Crippen LogP contribution in [0.3, 0.4) is 0 Å². The first-order chi connectivity index (χ1) is 9.16. The maximum Gasteiger partial charge on any atom is 0.287 e. The van der Waals surface area contributed by atoms with Crippen LogP contribution in [-0.2, 0) is 9.59 Å². The van der Waals surface area contributed by atoms with Crippen molar-refractivity contribution in [1.29, 1.82) is 0 Å². The van der Waals surface area contributed by atoms with Crippen molar-refractivity contribution in [3.8, 4) is 0 Å². The molecule has 0 bridgehead atoms. The molecule has 2 heterocycles. The fourth-order valence-corrected chi connectivity index (χ4v) is 1.78. The molecule has 0 radical (unpaired) electrons. The highest BCUT2D eigenvalue weighted by Crippen LogP contribution is 2.00. The second-order valence-corrected chi connectivity index (χ2v) is 4.14. The molecule has 7 heteroatoms. The normalized spacial score (nSPS) is 15.6. The lowest BCUT2D eigenvalue weighted by Gasteiger charge is -2.19. The number of amides is 3. The number of carbonyl (C=O) groups excluding carboxylic acids is 3. The summed E-state index contributed by atoms with van der Waals surface area (Å²) >= 11 is 0. The highest BCUT2D eigenvalue weighted by molar-refractivity contribution is 5.94. The van der Waals surface area contributed by atoms with Gasteiger partial charge >= 0.3 is 0 Å². The summed E-state index contributed by atoms with van der Waals surface area (Å²) < 4.78 is 4.92. The molecule has 0 saturated carbocycles. The number of nitrogens with zero attached hydrogens (tertiary/aromatic N) is 1. The molecule has 0 spiro atoms. The number of hydrogen-bond donors (Lipinski definition) is 2. The molecule has 1 saturated heterocycles. The lowest BCUT2D eigenvalue weighted by molar-refractivity contribution is -0.130.